The molecule has 1 rings (SSSR count). The number of nitrogens with zero attached hydrogens (tertiary/aromatic N) is 2. The Labute approximate surface area is 121 Å². The molecule has 0 bridgehead atoms. The number of hydrogen-bond acceptors (Lipinski definition) is 6. The number of esters is 1. The zero-order valence-corrected chi connectivity index (χ0v) is 11.8. The van der Waals surface area contributed by atoms with Gasteiger partial charge >= 0.3 is 5.97 Å². The first kappa shape index (κ1) is 15.7. The van der Waals surface area contributed by atoms with Crippen LogP contribution in [-0.2, 0) is 4.74 Å². The molecule has 104 valence electrons. The molecule has 0 saturated heterocycles. The number of rotatable bonds is 5. The van der Waals surface area contributed by atoms with Crippen molar-refractivity contribution in [3.05, 3.63) is 34.2 Å². The summed E-state index contributed by atoms with van der Waals surface area (Å²) < 4.78 is 4.66. The number of nitrogens with one attached hydrogen (secondary N) is 2. The van der Waals surface area contributed by atoms with Gasteiger partial charge in [-0.25, -0.2) is 9.78 Å². The van der Waals surface area contributed by atoms with E-state index in [0.29, 0.717) is 12.1 Å². The molecule has 0 aliphatic heterocycles. The summed E-state index contributed by atoms with van der Waals surface area (Å²) in [6.45, 7) is 2.52. The Hall–Kier alpha value is -2.39. The molecule has 7 heteroatoms. The van der Waals surface area contributed by atoms with Crippen LogP contribution in [0.5, 0.6) is 0 Å². The summed E-state index contributed by atoms with van der Waals surface area (Å²) >= 11 is 5.85. The molecule has 0 radical (unpaired) electrons. The summed E-state index contributed by atoms with van der Waals surface area (Å²) in [5.74, 6) is -0.704. The summed E-state index contributed by atoms with van der Waals surface area (Å²) in [7, 11) is 1.21. The molecule has 1 aromatic heterocycles. The van der Waals surface area contributed by atoms with E-state index in [9.17, 15) is 4.79 Å². The van der Waals surface area contributed by atoms with Gasteiger partial charge in [0.15, 0.2) is 0 Å². The van der Waals surface area contributed by atoms with E-state index in [1.165, 1.54) is 19.4 Å². The van der Waals surface area contributed by atoms with Crippen LogP contribution in [-0.4, -0.2) is 30.8 Å². The second-order valence-electron chi connectivity index (χ2n) is 3.62. The number of allylic oxidation sites excluding steroid dienone is 1. The smallest absolute Gasteiger partial charge is 0.341 e. The predicted octanol–water partition coefficient (Wildman–Crippen LogP) is 1.99. The maximum atomic E-state index is 11.8. The van der Waals surface area contributed by atoms with Crippen molar-refractivity contribution >= 4 is 29.4 Å². The highest BCUT2D eigenvalue weighted by Crippen LogP contribution is 2.23. The fourth-order valence-electron chi connectivity index (χ4n) is 1.51. The van der Waals surface area contributed by atoms with E-state index >= 15 is 0 Å². The second kappa shape index (κ2) is 7.26. The van der Waals surface area contributed by atoms with Crippen molar-refractivity contribution in [2.24, 2.45) is 0 Å². The van der Waals surface area contributed by atoms with Gasteiger partial charge in [0, 0.05) is 24.5 Å². The number of methoxy groups -OCH3 is 1. The van der Waals surface area contributed by atoms with E-state index in [-0.39, 0.29) is 22.0 Å². The highest BCUT2D eigenvalue weighted by Gasteiger charge is 2.21. The molecule has 0 aromatic carbocycles. The number of halogens is 1. The number of hydrogen-bond donors (Lipinski definition) is 2. The van der Waals surface area contributed by atoms with E-state index in [4.69, 9.17) is 22.3 Å². The van der Waals surface area contributed by atoms with Crippen LogP contribution in [0.3, 0.4) is 0 Å². The molecule has 0 aliphatic rings. The van der Waals surface area contributed by atoms with Gasteiger partial charge in [0.1, 0.15) is 16.8 Å². The van der Waals surface area contributed by atoms with Crippen molar-refractivity contribution in [1.82, 2.24) is 10.3 Å². The van der Waals surface area contributed by atoms with Crippen molar-refractivity contribution in [2.45, 2.75) is 6.92 Å². The highest BCUT2D eigenvalue weighted by atomic mass is 35.5. The van der Waals surface area contributed by atoms with Gasteiger partial charge in [0.2, 0.25) is 0 Å². The number of aromatic nitrogens is 1. The van der Waals surface area contributed by atoms with Crippen LogP contribution in [0.1, 0.15) is 28.5 Å². The van der Waals surface area contributed by atoms with E-state index in [1.54, 1.807) is 0 Å². The summed E-state index contributed by atoms with van der Waals surface area (Å²) in [5.41, 5.74) is 0.506. The maximum absolute atomic E-state index is 11.8. The SMILES string of the molecule is CCN/C=C(\C=N)c1nc(Cl)cc(C#N)c1C(=O)OC. The Kier molecular flexibility index (Phi) is 5.69. The average molecular weight is 293 g/mol. The topological polar surface area (TPSA) is 98.9 Å². The molecule has 0 spiro atoms. The summed E-state index contributed by atoms with van der Waals surface area (Å²) in [4.78, 5) is 15.9. The molecule has 0 saturated carbocycles. The van der Waals surface area contributed by atoms with Gasteiger partial charge < -0.3 is 15.5 Å². The molecule has 0 amide bonds. The van der Waals surface area contributed by atoms with Gasteiger partial charge in [0.25, 0.3) is 0 Å². The minimum absolute atomic E-state index is 0.00736. The van der Waals surface area contributed by atoms with Crippen LogP contribution in [0.25, 0.3) is 5.57 Å². The van der Waals surface area contributed by atoms with Gasteiger partial charge in [0.05, 0.1) is 18.4 Å². The Bertz CT molecular complexity index is 605. The van der Waals surface area contributed by atoms with Crippen LogP contribution in [0.15, 0.2) is 12.3 Å². The molecular weight excluding hydrogens is 280 g/mol. The first-order valence-electron chi connectivity index (χ1n) is 5.72. The fraction of sp³-hybridized carbons (Fsp3) is 0.231. The number of pyridine rings is 1. The number of carbonyl (C=O) groups is 1. The molecule has 0 aliphatic carbocycles. The number of carbonyl (C=O) groups excluding carboxylic acids is 1. The molecular formula is C13H13ClN4O2. The third-order valence-corrected chi connectivity index (χ3v) is 2.58. The van der Waals surface area contributed by atoms with E-state index in [2.05, 4.69) is 15.0 Å². The Morgan fingerprint density at radius 3 is 2.90 bits per heavy atom. The molecule has 6 nitrogen and oxygen atoms in total. The normalized spacial score (nSPS) is 10.6. The minimum Gasteiger partial charge on any atom is -0.465 e. The zero-order valence-electron chi connectivity index (χ0n) is 11.0. The first-order chi connectivity index (χ1) is 9.58. The Morgan fingerprint density at radius 2 is 2.40 bits per heavy atom. The lowest BCUT2D eigenvalue weighted by Gasteiger charge is -2.10. The lowest BCUT2D eigenvalue weighted by atomic mass is 10.0. The van der Waals surface area contributed by atoms with Gasteiger partial charge in [-0.3, -0.25) is 0 Å². The second-order valence-corrected chi connectivity index (χ2v) is 4.01. The molecule has 1 heterocycles. The number of nitriles is 1. The molecule has 0 fully saturated rings. The van der Waals surface area contributed by atoms with Crippen LogP contribution in [0.2, 0.25) is 5.15 Å². The fourth-order valence-corrected chi connectivity index (χ4v) is 1.70. The average Bonchev–Trinajstić information content (AvgIpc) is 2.46. The van der Waals surface area contributed by atoms with Gasteiger partial charge in [-0.05, 0) is 13.0 Å². The first-order valence-corrected chi connectivity index (χ1v) is 6.10. The zero-order chi connectivity index (χ0) is 15.1. The van der Waals surface area contributed by atoms with E-state index in [0.717, 1.165) is 6.21 Å². The van der Waals surface area contributed by atoms with Crippen molar-refractivity contribution in [3.63, 3.8) is 0 Å². The van der Waals surface area contributed by atoms with Gasteiger partial charge in [-0.15, -0.1) is 0 Å². The molecule has 0 unspecified atom stereocenters. The lowest BCUT2D eigenvalue weighted by Crippen LogP contribution is -2.13. The van der Waals surface area contributed by atoms with Crippen molar-refractivity contribution < 1.29 is 9.53 Å². The van der Waals surface area contributed by atoms with Crippen LogP contribution >= 0.6 is 11.6 Å². The molecule has 20 heavy (non-hydrogen) atoms. The Morgan fingerprint density at radius 1 is 1.70 bits per heavy atom. The monoisotopic (exact) mass is 292 g/mol. The van der Waals surface area contributed by atoms with E-state index in [1.807, 2.05) is 13.0 Å². The summed E-state index contributed by atoms with van der Waals surface area (Å²) in [6, 6.07) is 3.16. The van der Waals surface area contributed by atoms with Gasteiger partial charge in [-0.2, -0.15) is 5.26 Å². The maximum Gasteiger partial charge on any atom is 0.341 e. The van der Waals surface area contributed by atoms with Crippen LogP contribution < -0.4 is 5.32 Å². The largest absolute Gasteiger partial charge is 0.465 e. The summed E-state index contributed by atoms with van der Waals surface area (Å²) in [6.07, 6.45) is 2.55. The van der Waals surface area contributed by atoms with Crippen LogP contribution in [0.4, 0.5) is 0 Å². The minimum atomic E-state index is -0.704. The van der Waals surface area contributed by atoms with Crippen molar-refractivity contribution in [2.75, 3.05) is 13.7 Å². The molecule has 1 aromatic rings. The molecule has 0 atom stereocenters. The highest BCUT2D eigenvalue weighted by molar-refractivity contribution is 6.30. The van der Waals surface area contributed by atoms with Crippen molar-refractivity contribution in [1.29, 1.82) is 10.7 Å². The van der Waals surface area contributed by atoms with E-state index < -0.39 is 5.97 Å². The third-order valence-electron chi connectivity index (χ3n) is 2.39. The quantitative estimate of drug-likeness (QED) is 0.491. The summed E-state index contributed by atoms with van der Waals surface area (Å²) in [5, 5.41) is 19.5. The third kappa shape index (κ3) is 3.33. The standard InChI is InChI=1S/C13H13ClN4O2/c1-3-17-7-9(6-16)12-11(13(19)20-2)8(5-15)4-10(14)18-12/h4,6-7,16-17H,3H2,1-2H3/b9-7+,16-6?. The molecule has 2 N–H and O–H groups in total. The Balaban J connectivity index is 3.59. The lowest BCUT2D eigenvalue weighted by molar-refractivity contribution is 0.0599. The van der Waals surface area contributed by atoms with Gasteiger partial charge in [-0.1, -0.05) is 11.6 Å². The van der Waals surface area contributed by atoms with Crippen LogP contribution in [0, 0.1) is 16.7 Å². The van der Waals surface area contributed by atoms with Crippen molar-refractivity contribution in [3.8, 4) is 6.07 Å². The predicted molar refractivity (Wildman–Crippen MR) is 75.7 cm³/mol. The number of ether oxygens (including phenoxy) is 1.